The summed E-state index contributed by atoms with van der Waals surface area (Å²) in [4.78, 5) is 13.5. The van der Waals surface area contributed by atoms with Crippen molar-refractivity contribution in [2.24, 2.45) is 0 Å². The van der Waals surface area contributed by atoms with Crippen LogP contribution in [0, 0.1) is 6.92 Å². The minimum absolute atomic E-state index is 0.0451. The molecule has 2 aromatic carbocycles. The first-order valence-electron chi connectivity index (χ1n) is 6.35. The largest absolute Gasteiger partial charge is 0.398 e. The number of nitrogen functional groups attached to an aromatic ring is 1. The number of rotatable bonds is 1. The van der Waals surface area contributed by atoms with Crippen molar-refractivity contribution >= 4 is 34.2 Å². The van der Waals surface area contributed by atoms with E-state index in [1.807, 2.05) is 38.2 Å². The number of thiocarbonyl (C=S) groups is 1. The maximum atomic E-state index is 12.8. The lowest BCUT2D eigenvalue weighted by Gasteiger charge is -2.24. The van der Waals surface area contributed by atoms with Gasteiger partial charge in [-0.25, -0.2) is 0 Å². The zero-order valence-electron chi connectivity index (χ0n) is 11.3. The number of hydrogen-bond acceptors (Lipinski definition) is 4. The molecule has 3 N–H and O–H groups in total. The van der Waals surface area contributed by atoms with Crippen molar-refractivity contribution in [3.8, 4) is 0 Å². The Bertz CT molecular complexity index is 765. The fourth-order valence-corrected chi connectivity index (χ4v) is 3.10. The van der Waals surface area contributed by atoms with E-state index in [1.54, 1.807) is 6.07 Å². The number of fused-ring (bicyclic) bond motifs is 2. The number of aryl methyl sites for hydroxylation is 1. The van der Waals surface area contributed by atoms with Crippen LogP contribution in [0.2, 0.25) is 0 Å². The van der Waals surface area contributed by atoms with E-state index in [2.05, 4.69) is 5.32 Å². The second-order valence-electron chi connectivity index (χ2n) is 4.86. The van der Waals surface area contributed by atoms with Crippen LogP contribution in [0.5, 0.6) is 0 Å². The van der Waals surface area contributed by atoms with Crippen molar-refractivity contribution in [3.05, 3.63) is 58.1 Å². The monoisotopic (exact) mass is 282 g/mol. The molecular formula is C16H14N2OS. The van der Waals surface area contributed by atoms with Crippen LogP contribution < -0.4 is 11.1 Å². The predicted octanol–water partition coefficient (Wildman–Crippen LogP) is 2.93. The molecule has 0 bridgehead atoms. The highest BCUT2D eigenvalue weighted by Gasteiger charge is 2.31. The number of ketones is 1. The summed E-state index contributed by atoms with van der Waals surface area (Å²) in [6.07, 6.45) is 0. The van der Waals surface area contributed by atoms with E-state index in [0.29, 0.717) is 21.7 Å². The number of anilines is 2. The summed E-state index contributed by atoms with van der Waals surface area (Å²) in [7, 11) is 1.83. The van der Waals surface area contributed by atoms with Gasteiger partial charge in [-0.2, -0.15) is 0 Å². The summed E-state index contributed by atoms with van der Waals surface area (Å²) in [5.41, 5.74) is 11.0. The molecule has 0 amide bonds. The average Bonchev–Trinajstić information content (AvgIpc) is 2.44. The molecule has 0 aliphatic heterocycles. The van der Waals surface area contributed by atoms with Gasteiger partial charge in [-0.1, -0.05) is 30.4 Å². The molecule has 0 heterocycles. The quantitative estimate of drug-likeness (QED) is 0.532. The fourth-order valence-electron chi connectivity index (χ4n) is 2.72. The van der Waals surface area contributed by atoms with E-state index < -0.39 is 0 Å². The van der Waals surface area contributed by atoms with Gasteiger partial charge in [-0.3, -0.25) is 4.79 Å². The van der Waals surface area contributed by atoms with Crippen LogP contribution in [-0.2, 0) is 0 Å². The molecule has 0 aromatic heterocycles. The maximum absolute atomic E-state index is 12.8. The highest BCUT2D eigenvalue weighted by atomic mass is 32.1. The molecule has 4 heteroatoms. The molecule has 0 radical (unpaired) electrons. The summed E-state index contributed by atoms with van der Waals surface area (Å²) in [5.74, 6) is -0.0451. The van der Waals surface area contributed by atoms with Crippen LogP contribution in [-0.4, -0.2) is 17.7 Å². The number of benzene rings is 2. The number of carbonyl (C=O) groups excluding carboxylic acids is 1. The molecule has 0 fully saturated rings. The summed E-state index contributed by atoms with van der Waals surface area (Å²) in [5, 5.41) is 3.11. The second-order valence-corrected chi connectivity index (χ2v) is 5.27. The number of hydrogen-bond donors (Lipinski definition) is 2. The molecule has 1 aliphatic carbocycles. The molecule has 0 saturated heterocycles. The van der Waals surface area contributed by atoms with E-state index in [9.17, 15) is 4.79 Å². The van der Waals surface area contributed by atoms with Gasteiger partial charge in [-0.05, 0) is 24.6 Å². The molecule has 3 rings (SSSR count). The Morgan fingerprint density at radius 2 is 1.85 bits per heavy atom. The normalized spacial score (nSPS) is 12.9. The molecule has 3 nitrogen and oxygen atoms in total. The van der Waals surface area contributed by atoms with Crippen LogP contribution in [0.1, 0.15) is 32.6 Å². The highest BCUT2D eigenvalue weighted by Crippen LogP contribution is 2.36. The van der Waals surface area contributed by atoms with Gasteiger partial charge in [0.05, 0.1) is 10.4 Å². The third-order valence-corrected chi connectivity index (χ3v) is 4.13. The minimum atomic E-state index is -0.0451. The van der Waals surface area contributed by atoms with Gasteiger partial charge in [0, 0.05) is 35.1 Å². The van der Waals surface area contributed by atoms with Gasteiger partial charge in [0.15, 0.2) is 5.78 Å². The van der Waals surface area contributed by atoms with Crippen LogP contribution in [0.4, 0.5) is 11.4 Å². The second kappa shape index (κ2) is 4.42. The highest BCUT2D eigenvalue weighted by molar-refractivity contribution is 7.81. The lowest BCUT2D eigenvalue weighted by atomic mass is 9.81. The maximum Gasteiger partial charge on any atom is 0.196 e. The molecule has 1 aliphatic rings. The summed E-state index contributed by atoms with van der Waals surface area (Å²) in [6, 6.07) is 9.30. The van der Waals surface area contributed by atoms with Gasteiger partial charge >= 0.3 is 0 Å². The first kappa shape index (κ1) is 12.8. The van der Waals surface area contributed by atoms with Crippen molar-refractivity contribution in [1.82, 2.24) is 0 Å². The molecule has 0 spiro atoms. The molecule has 100 valence electrons. The molecular weight excluding hydrogens is 268 g/mol. The first-order valence-corrected chi connectivity index (χ1v) is 6.76. The smallest absolute Gasteiger partial charge is 0.196 e. The lowest BCUT2D eigenvalue weighted by molar-refractivity contribution is 0.103. The Labute approximate surface area is 122 Å². The SMILES string of the molecule is CNc1ccc(C)c2c1C(=S)c1cccc(N)c1C2=O. The van der Waals surface area contributed by atoms with Crippen LogP contribution >= 0.6 is 12.2 Å². The van der Waals surface area contributed by atoms with Crippen LogP contribution in [0.25, 0.3) is 0 Å². The van der Waals surface area contributed by atoms with E-state index in [-0.39, 0.29) is 5.78 Å². The third-order valence-electron chi connectivity index (χ3n) is 3.71. The summed E-state index contributed by atoms with van der Waals surface area (Å²) >= 11 is 5.59. The number of carbonyl (C=O) groups is 1. The van der Waals surface area contributed by atoms with E-state index in [4.69, 9.17) is 18.0 Å². The molecule has 0 unspecified atom stereocenters. The summed E-state index contributed by atoms with van der Waals surface area (Å²) in [6.45, 7) is 1.92. The van der Waals surface area contributed by atoms with Crippen molar-refractivity contribution in [2.45, 2.75) is 6.92 Å². The van der Waals surface area contributed by atoms with Gasteiger partial charge in [0.25, 0.3) is 0 Å². The number of nitrogens with two attached hydrogens (primary N) is 1. The van der Waals surface area contributed by atoms with Crippen LogP contribution in [0.15, 0.2) is 30.3 Å². The Hall–Kier alpha value is -2.20. The molecule has 2 aromatic rings. The molecule has 20 heavy (non-hydrogen) atoms. The molecule has 0 atom stereocenters. The Morgan fingerprint density at radius 3 is 2.55 bits per heavy atom. The topological polar surface area (TPSA) is 55.1 Å². The van der Waals surface area contributed by atoms with Crippen LogP contribution in [0.3, 0.4) is 0 Å². The first-order chi connectivity index (χ1) is 9.56. The van der Waals surface area contributed by atoms with Gasteiger partial charge in [0.2, 0.25) is 0 Å². The van der Waals surface area contributed by atoms with E-state index in [0.717, 1.165) is 22.4 Å². The van der Waals surface area contributed by atoms with Crippen molar-refractivity contribution in [1.29, 1.82) is 0 Å². The van der Waals surface area contributed by atoms with Crippen molar-refractivity contribution in [3.63, 3.8) is 0 Å². The van der Waals surface area contributed by atoms with Crippen molar-refractivity contribution < 1.29 is 4.79 Å². The standard InChI is InChI=1S/C16H14N2OS/c1-8-6-7-11(18-2)14-12(8)15(19)13-9(16(14)20)4-3-5-10(13)17/h3-7,18H,17H2,1-2H3. The molecule has 0 saturated carbocycles. The van der Waals surface area contributed by atoms with Gasteiger partial charge in [-0.15, -0.1) is 0 Å². The average molecular weight is 282 g/mol. The zero-order valence-corrected chi connectivity index (χ0v) is 12.1. The fraction of sp³-hybridized carbons (Fsp3) is 0.125. The summed E-state index contributed by atoms with van der Waals surface area (Å²) < 4.78 is 0. The zero-order chi connectivity index (χ0) is 14.4. The Morgan fingerprint density at radius 1 is 1.10 bits per heavy atom. The van der Waals surface area contributed by atoms with Gasteiger partial charge in [0.1, 0.15) is 0 Å². The Kier molecular flexibility index (Phi) is 2.83. The lowest BCUT2D eigenvalue weighted by Crippen LogP contribution is -2.24. The van der Waals surface area contributed by atoms with E-state index in [1.165, 1.54) is 0 Å². The third kappa shape index (κ3) is 1.58. The number of nitrogens with one attached hydrogen (secondary N) is 1. The predicted molar refractivity (Wildman–Crippen MR) is 85.8 cm³/mol. The minimum Gasteiger partial charge on any atom is -0.398 e. The van der Waals surface area contributed by atoms with Crippen molar-refractivity contribution in [2.75, 3.05) is 18.1 Å². The van der Waals surface area contributed by atoms with E-state index >= 15 is 0 Å². The Balaban J connectivity index is 2.41. The van der Waals surface area contributed by atoms with Gasteiger partial charge < -0.3 is 11.1 Å².